The highest BCUT2D eigenvalue weighted by molar-refractivity contribution is 9.09. The monoisotopic (exact) mass is 262 g/mol. The van der Waals surface area contributed by atoms with Gasteiger partial charge in [-0.25, -0.2) is 0 Å². The average Bonchev–Trinajstić information content (AvgIpc) is 2.65. The Labute approximate surface area is 96.8 Å². The molecule has 0 aromatic carbocycles. The molecule has 0 N–H and O–H groups in total. The minimum absolute atomic E-state index is 0.820. The molecule has 0 aromatic heterocycles. The molecule has 1 heterocycles. The van der Waals surface area contributed by atoms with Crippen LogP contribution in [-0.4, -0.2) is 53.9 Å². The zero-order valence-corrected chi connectivity index (χ0v) is 11.1. The van der Waals surface area contributed by atoms with Crippen LogP contribution in [0.4, 0.5) is 0 Å². The van der Waals surface area contributed by atoms with Crippen molar-refractivity contribution in [2.24, 2.45) is 0 Å². The highest BCUT2D eigenvalue weighted by atomic mass is 79.9. The molecule has 0 amide bonds. The molecule has 1 atom stereocenters. The number of nitrogens with zero attached hydrogens (tertiary/aromatic N) is 2. The number of rotatable bonds is 6. The molecule has 84 valence electrons. The molecule has 3 heteroatoms. The molecule has 0 aliphatic carbocycles. The maximum absolute atomic E-state index is 3.49. The molecule has 0 saturated carbocycles. The number of hydrogen-bond acceptors (Lipinski definition) is 2. The summed E-state index contributed by atoms with van der Waals surface area (Å²) in [5, 5.41) is 1.14. The van der Waals surface area contributed by atoms with Gasteiger partial charge in [-0.05, 0) is 39.0 Å². The van der Waals surface area contributed by atoms with Crippen LogP contribution in [0, 0.1) is 0 Å². The van der Waals surface area contributed by atoms with Gasteiger partial charge < -0.3 is 4.90 Å². The third-order valence-corrected chi connectivity index (χ3v) is 3.74. The first-order chi connectivity index (χ1) is 6.81. The van der Waals surface area contributed by atoms with Gasteiger partial charge in [-0.3, -0.25) is 4.90 Å². The van der Waals surface area contributed by atoms with E-state index in [0.717, 1.165) is 11.4 Å². The van der Waals surface area contributed by atoms with E-state index in [0.29, 0.717) is 0 Å². The normalized spacial score (nSPS) is 23.6. The molecule has 14 heavy (non-hydrogen) atoms. The van der Waals surface area contributed by atoms with Gasteiger partial charge in [0.2, 0.25) is 0 Å². The summed E-state index contributed by atoms with van der Waals surface area (Å²) in [5.41, 5.74) is 0. The highest BCUT2D eigenvalue weighted by Gasteiger charge is 2.25. The Morgan fingerprint density at radius 3 is 2.64 bits per heavy atom. The predicted octanol–water partition coefficient (Wildman–Crippen LogP) is 2.19. The molecular weight excluding hydrogens is 240 g/mol. The lowest BCUT2D eigenvalue weighted by molar-refractivity contribution is 0.211. The Balaban J connectivity index is 2.25. The summed E-state index contributed by atoms with van der Waals surface area (Å²) in [6, 6.07) is 0.820. The number of hydrogen-bond donors (Lipinski definition) is 0. The first-order valence-corrected chi connectivity index (χ1v) is 6.96. The number of alkyl halides is 1. The Kier molecular flexibility index (Phi) is 6.06. The molecular formula is C11H23BrN2. The van der Waals surface area contributed by atoms with Crippen molar-refractivity contribution in [3.05, 3.63) is 0 Å². The van der Waals surface area contributed by atoms with E-state index in [-0.39, 0.29) is 0 Å². The largest absolute Gasteiger partial charge is 0.302 e. The molecule has 0 radical (unpaired) electrons. The molecule has 1 unspecified atom stereocenters. The van der Waals surface area contributed by atoms with Crippen molar-refractivity contribution in [2.75, 3.05) is 38.1 Å². The van der Waals surface area contributed by atoms with Gasteiger partial charge in [0.05, 0.1) is 0 Å². The van der Waals surface area contributed by atoms with Gasteiger partial charge in [-0.15, -0.1) is 0 Å². The van der Waals surface area contributed by atoms with E-state index in [1.807, 2.05) is 0 Å². The van der Waals surface area contributed by atoms with Crippen LogP contribution < -0.4 is 0 Å². The van der Waals surface area contributed by atoms with Crippen molar-refractivity contribution >= 4 is 15.9 Å². The maximum atomic E-state index is 3.49. The second-order valence-corrected chi connectivity index (χ2v) is 4.80. The van der Waals surface area contributed by atoms with Crippen LogP contribution in [0.15, 0.2) is 0 Å². The van der Waals surface area contributed by atoms with E-state index in [2.05, 4.69) is 39.6 Å². The zero-order valence-electron chi connectivity index (χ0n) is 9.51. The van der Waals surface area contributed by atoms with Crippen LogP contribution in [0.1, 0.15) is 26.7 Å². The lowest BCUT2D eigenvalue weighted by Gasteiger charge is -2.26. The first kappa shape index (κ1) is 12.5. The number of likely N-dealkylation sites (tertiary alicyclic amines) is 1. The minimum atomic E-state index is 0.820. The van der Waals surface area contributed by atoms with Crippen molar-refractivity contribution in [1.82, 2.24) is 9.80 Å². The summed E-state index contributed by atoms with van der Waals surface area (Å²) in [6.07, 6.45) is 2.65. The van der Waals surface area contributed by atoms with Crippen LogP contribution in [0.25, 0.3) is 0 Å². The average molecular weight is 263 g/mol. The Morgan fingerprint density at radius 1 is 1.36 bits per heavy atom. The first-order valence-electron chi connectivity index (χ1n) is 5.84. The van der Waals surface area contributed by atoms with Gasteiger partial charge in [-0.1, -0.05) is 29.8 Å². The van der Waals surface area contributed by atoms with E-state index in [1.54, 1.807) is 0 Å². The lowest BCUT2D eigenvalue weighted by atomic mass is 10.2. The van der Waals surface area contributed by atoms with Gasteiger partial charge >= 0.3 is 0 Å². The molecule has 0 spiro atoms. The Morgan fingerprint density at radius 2 is 2.07 bits per heavy atom. The van der Waals surface area contributed by atoms with Gasteiger partial charge in [0, 0.05) is 17.9 Å². The van der Waals surface area contributed by atoms with Crippen LogP contribution in [0.5, 0.6) is 0 Å². The van der Waals surface area contributed by atoms with Crippen molar-refractivity contribution in [3.63, 3.8) is 0 Å². The molecule has 1 aliphatic rings. The predicted molar refractivity (Wildman–Crippen MR) is 66.2 cm³/mol. The minimum Gasteiger partial charge on any atom is -0.302 e. The summed E-state index contributed by atoms with van der Waals surface area (Å²) in [7, 11) is 0. The molecule has 1 aliphatic heterocycles. The Hall–Kier alpha value is 0.400. The fourth-order valence-corrected chi connectivity index (χ4v) is 2.59. The van der Waals surface area contributed by atoms with E-state index in [4.69, 9.17) is 0 Å². The van der Waals surface area contributed by atoms with E-state index in [1.165, 1.54) is 45.6 Å². The number of likely N-dealkylation sites (N-methyl/N-ethyl adjacent to an activating group) is 1. The van der Waals surface area contributed by atoms with Gasteiger partial charge in [0.25, 0.3) is 0 Å². The summed E-state index contributed by atoms with van der Waals surface area (Å²) < 4.78 is 0. The van der Waals surface area contributed by atoms with Crippen LogP contribution in [-0.2, 0) is 0 Å². The fraction of sp³-hybridized carbons (Fsp3) is 1.00. The van der Waals surface area contributed by atoms with Gasteiger partial charge in [-0.2, -0.15) is 0 Å². The SMILES string of the molecule is CCN(CC)C1CCN(CCCBr)C1. The van der Waals surface area contributed by atoms with E-state index >= 15 is 0 Å². The molecule has 1 fully saturated rings. The molecule has 1 saturated heterocycles. The highest BCUT2D eigenvalue weighted by Crippen LogP contribution is 2.15. The maximum Gasteiger partial charge on any atom is 0.0235 e. The van der Waals surface area contributed by atoms with Gasteiger partial charge in [0.15, 0.2) is 0 Å². The van der Waals surface area contributed by atoms with Crippen LogP contribution in [0.3, 0.4) is 0 Å². The van der Waals surface area contributed by atoms with Crippen molar-refractivity contribution in [3.8, 4) is 0 Å². The molecule has 0 aromatic rings. The summed E-state index contributed by atoms with van der Waals surface area (Å²) in [5.74, 6) is 0. The van der Waals surface area contributed by atoms with E-state index in [9.17, 15) is 0 Å². The van der Waals surface area contributed by atoms with Crippen molar-refractivity contribution in [2.45, 2.75) is 32.7 Å². The second-order valence-electron chi connectivity index (χ2n) is 4.01. The smallest absolute Gasteiger partial charge is 0.0235 e. The van der Waals surface area contributed by atoms with Crippen molar-refractivity contribution in [1.29, 1.82) is 0 Å². The standard InChI is InChI=1S/C11H23BrN2/c1-3-14(4-2)11-6-9-13(10-11)8-5-7-12/h11H,3-10H2,1-2H3. The summed E-state index contributed by atoms with van der Waals surface area (Å²) >= 11 is 3.49. The topological polar surface area (TPSA) is 6.48 Å². The van der Waals surface area contributed by atoms with Crippen LogP contribution >= 0.6 is 15.9 Å². The zero-order chi connectivity index (χ0) is 10.4. The van der Waals surface area contributed by atoms with Gasteiger partial charge in [0.1, 0.15) is 0 Å². The third kappa shape index (κ3) is 3.52. The molecule has 1 rings (SSSR count). The summed E-state index contributed by atoms with van der Waals surface area (Å²) in [4.78, 5) is 5.19. The van der Waals surface area contributed by atoms with Crippen LogP contribution in [0.2, 0.25) is 0 Å². The van der Waals surface area contributed by atoms with E-state index < -0.39 is 0 Å². The Bertz CT molecular complexity index is 148. The molecule has 2 nitrogen and oxygen atoms in total. The number of halogens is 1. The molecule has 0 bridgehead atoms. The fourth-order valence-electron chi connectivity index (χ4n) is 2.34. The quantitative estimate of drug-likeness (QED) is 0.678. The van der Waals surface area contributed by atoms with Crippen molar-refractivity contribution < 1.29 is 0 Å². The third-order valence-electron chi connectivity index (χ3n) is 3.18. The lowest BCUT2D eigenvalue weighted by Crippen LogP contribution is -2.37. The summed E-state index contributed by atoms with van der Waals surface area (Å²) in [6.45, 7) is 10.8. The second kappa shape index (κ2) is 6.81.